The summed E-state index contributed by atoms with van der Waals surface area (Å²) >= 11 is 0. The van der Waals surface area contributed by atoms with E-state index in [9.17, 15) is 9.90 Å². The Morgan fingerprint density at radius 1 is 1.08 bits per heavy atom. The van der Waals surface area contributed by atoms with E-state index in [4.69, 9.17) is 0 Å². The van der Waals surface area contributed by atoms with Crippen LogP contribution < -0.4 is 10.4 Å². The van der Waals surface area contributed by atoms with Gasteiger partial charge in [-0.2, -0.15) is 0 Å². The molecule has 0 aliphatic carbocycles. The first-order chi connectivity index (χ1) is 12.2. The Hall–Kier alpha value is -3.41. The Morgan fingerprint density at radius 3 is 2.68 bits per heavy atom. The van der Waals surface area contributed by atoms with Gasteiger partial charge in [-0.1, -0.05) is 30.3 Å². The molecule has 1 atom stereocenters. The zero-order valence-corrected chi connectivity index (χ0v) is 13.3. The van der Waals surface area contributed by atoms with Crippen molar-refractivity contribution in [1.82, 2.24) is 15.0 Å². The number of para-hydroxylation sites is 2. The highest BCUT2D eigenvalue weighted by Gasteiger charge is 2.15. The zero-order valence-electron chi connectivity index (χ0n) is 13.3. The zero-order chi connectivity index (χ0) is 17.2. The van der Waals surface area contributed by atoms with Crippen LogP contribution in [0.3, 0.4) is 0 Å². The molecule has 0 fully saturated rings. The third kappa shape index (κ3) is 2.89. The lowest BCUT2D eigenvalue weighted by molar-refractivity contribution is -0.306. The fourth-order valence-electron chi connectivity index (χ4n) is 3.00. The van der Waals surface area contributed by atoms with Crippen molar-refractivity contribution >= 4 is 33.6 Å². The Balaban J connectivity index is 1.67. The quantitative estimate of drug-likeness (QED) is 0.582. The van der Waals surface area contributed by atoms with Gasteiger partial charge in [0.15, 0.2) is 0 Å². The van der Waals surface area contributed by atoms with Crippen LogP contribution in [0.5, 0.6) is 0 Å². The van der Waals surface area contributed by atoms with E-state index in [-0.39, 0.29) is 6.42 Å². The van der Waals surface area contributed by atoms with Crippen LogP contribution in [0.4, 0.5) is 5.82 Å². The lowest BCUT2D eigenvalue weighted by Gasteiger charge is -2.20. The lowest BCUT2D eigenvalue weighted by atomic mass is 10.0. The lowest BCUT2D eigenvalue weighted by Crippen LogP contribution is -2.42. The standard InChI is InChI=1S/C19H16N4O2/c24-19(25)17(9-12-10-20-15-7-3-1-5-13(12)15)23-18-14-6-2-4-8-16(14)21-11-22-18/h1-8,10-11,17,20H,9H2,(H,24,25)(H,21,22,23)/p-1/t17-/m0/s1. The number of hydrogen-bond donors (Lipinski definition) is 2. The van der Waals surface area contributed by atoms with Crippen LogP contribution in [0, 0.1) is 0 Å². The van der Waals surface area contributed by atoms with Crippen molar-refractivity contribution in [3.05, 3.63) is 66.6 Å². The average molecular weight is 331 g/mol. The first-order valence-corrected chi connectivity index (χ1v) is 7.94. The number of aromatic amines is 1. The molecule has 2 aromatic heterocycles. The largest absolute Gasteiger partial charge is 0.548 e. The number of carboxylic acid groups (broad SMARTS) is 1. The SMILES string of the molecule is O=C([O-])[C@H](Cc1c[nH]c2ccccc12)Nc1ncnc2ccccc12. The smallest absolute Gasteiger partial charge is 0.137 e. The maximum absolute atomic E-state index is 11.7. The number of anilines is 1. The van der Waals surface area contributed by atoms with Crippen molar-refractivity contribution in [3.63, 3.8) is 0 Å². The van der Waals surface area contributed by atoms with E-state index in [2.05, 4.69) is 20.3 Å². The van der Waals surface area contributed by atoms with Crippen LogP contribution in [-0.2, 0) is 11.2 Å². The fraction of sp³-hybridized carbons (Fsp3) is 0.105. The maximum atomic E-state index is 11.7. The van der Waals surface area contributed by atoms with Gasteiger partial charge >= 0.3 is 0 Å². The van der Waals surface area contributed by atoms with E-state index in [1.807, 2.05) is 54.7 Å². The van der Waals surface area contributed by atoms with Gasteiger partial charge < -0.3 is 20.2 Å². The average Bonchev–Trinajstić information content (AvgIpc) is 3.04. The number of hydrogen-bond acceptors (Lipinski definition) is 5. The van der Waals surface area contributed by atoms with Gasteiger partial charge in [-0.25, -0.2) is 9.97 Å². The second kappa shape index (κ2) is 6.24. The van der Waals surface area contributed by atoms with E-state index in [1.54, 1.807) is 0 Å². The number of rotatable bonds is 5. The van der Waals surface area contributed by atoms with E-state index in [1.165, 1.54) is 6.33 Å². The van der Waals surface area contributed by atoms with Gasteiger partial charge in [0, 0.05) is 28.9 Å². The minimum absolute atomic E-state index is 0.282. The maximum Gasteiger partial charge on any atom is 0.137 e. The van der Waals surface area contributed by atoms with Crippen molar-refractivity contribution in [3.8, 4) is 0 Å². The third-order valence-electron chi connectivity index (χ3n) is 4.24. The van der Waals surface area contributed by atoms with E-state index in [0.29, 0.717) is 5.82 Å². The Bertz CT molecular complexity index is 1050. The summed E-state index contributed by atoms with van der Waals surface area (Å²) in [5, 5.41) is 16.4. The van der Waals surface area contributed by atoms with Crippen LogP contribution in [0.2, 0.25) is 0 Å². The summed E-state index contributed by atoms with van der Waals surface area (Å²) in [4.78, 5) is 23.2. The summed E-state index contributed by atoms with van der Waals surface area (Å²) in [5.74, 6) is -0.687. The molecule has 0 amide bonds. The Morgan fingerprint density at radius 2 is 1.84 bits per heavy atom. The number of H-pyrrole nitrogens is 1. The molecule has 2 N–H and O–H groups in total. The highest BCUT2D eigenvalue weighted by Crippen LogP contribution is 2.22. The third-order valence-corrected chi connectivity index (χ3v) is 4.24. The normalized spacial score (nSPS) is 12.3. The van der Waals surface area contributed by atoms with Crippen LogP contribution in [-0.4, -0.2) is 27.0 Å². The first-order valence-electron chi connectivity index (χ1n) is 7.94. The summed E-state index contributed by atoms with van der Waals surface area (Å²) in [6, 6.07) is 14.3. The number of aliphatic carboxylic acids is 1. The predicted octanol–water partition coefficient (Wildman–Crippen LogP) is 1.88. The van der Waals surface area contributed by atoms with Crippen molar-refractivity contribution in [2.24, 2.45) is 0 Å². The number of fused-ring (bicyclic) bond motifs is 2. The predicted molar refractivity (Wildman–Crippen MR) is 94.0 cm³/mol. The summed E-state index contributed by atoms with van der Waals surface area (Å²) in [5.41, 5.74) is 2.64. The molecule has 124 valence electrons. The molecule has 4 rings (SSSR count). The van der Waals surface area contributed by atoms with Gasteiger partial charge in [0.25, 0.3) is 0 Å². The summed E-state index contributed by atoms with van der Waals surface area (Å²) in [6.45, 7) is 0. The van der Waals surface area contributed by atoms with Gasteiger partial charge in [-0.05, 0) is 23.8 Å². The molecule has 6 heteroatoms. The molecular formula is C19H15N4O2-. The molecule has 6 nitrogen and oxygen atoms in total. The van der Waals surface area contributed by atoms with Crippen molar-refractivity contribution in [2.45, 2.75) is 12.5 Å². The minimum Gasteiger partial charge on any atom is -0.548 e. The molecule has 0 radical (unpaired) electrons. The van der Waals surface area contributed by atoms with Crippen LogP contribution in [0.15, 0.2) is 61.1 Å². The number of nitrogens with zero attached hydrogens (tertiary/aromatic N) is 2. The van der Waals surface area contributed by atoms with Gasteiger partial charge in [-0.15, -0.1) is 0 Å². The van der Waals surface area contributed by atoms with E-state index in [0.717, 1.165) is 27.4 Å². The number of nitrogens with one attached hydrogen (secondary N) is 2. The van der Waals surface area contributed by atoms with Crippen LogP contribution in [0.1, 0.15) is 5.56 Å². The molecule has 0 aliphatic heterocycles. The number of benzene rings is 2. The molecule has 0 unspecified atom stereocenters. The first kappa shape index (κ1) is 15.1. The number of carbonyl (C=O) groups excluding carboxylic acids is 1. The topological polar surface area (TPSA) is 93.7 Å². The monoisotopic (exact) mass is 331 g/mol. The molecule has 0 saturated carbocycles. The number of aromatic nitrogens is 3. The molecule has 0 spiro atoms. The molecular weight excluding hydrogens is 316 g/mol. The van der Waals surface area contributed by atoms with E-state index < -0.39 is 12.0 Å². The Labute approximate surface area is 143 Å². The summed E-state index contributed by atoms with van der Waals surface area (Å²) in [6.07, 6.45) is 3.54. The van der Waals surface area contributed by atoms with Gasteiger partial charge in [0.1, 0.15) is 12.1 Å². The van der Waals surface area contributed by atoms with Crippen molar-refractivity contribution < 1.29 is 9.90 Å². The van der Waals surface area contributed by atoms with Gasteiger partial charge in [0.2, 0.25) is 0 Å². The second-order valence-electron chi connectivity index (χ2n) is 5.82. The molecule has 25 heavy (non-hydrogen) atoms. The molecule has 4 aromatic rings. The molecule has 0 aliphatic rings. The van der Waals surface area contributed by atoms with Crippen molar-refractivity contribution in [1.29, 1.82) is 0 Å². The molecule has 0 saturated heterocycles. The summed E-state index contributed by atoms with van der Waals surface area (Å²) < 4.78 is 0. The Kier molecular flexibility index (Phi) is 3.78. The van der Waals surface area contributed by atoms with Crippen LogP contribution >= 0.6 is 0 Å². The highest BCUT2D eigenvalue weighted by molar-refractivity contribution is 5.91. The van der Waals surface area contributed by atoms with E-state index >= 15 is 0 Å². The summed E-state index contributed by atoms with van der Waals surface area (Å²) in [7, 11) is 0. The highest BCUT2D eigenvalue weighted by atomic mass is 16.4. The molecule has 2 heterocycles. The molecule has 2 aromatic carbocycles. The second-order valence-corrected chi connectivity index (χ2v) is 5.82. The van der Waals surface area contributed by atoms with Crippen LogP contribution in [0.25, 0.3) is 21.8 Å². The molecule has 0 bridgehead atoms. The van der Waals surface area contributed by atoms with Crippen molar-refractivity contribution in [2.75, 3.05) is 5.32 Å². The number of carboxylic acids is 1. The number of carbonyl (C=O) groups is 1. The minimum atomic E-state index is -1.17. The van der Waals surface area contributed by atoms with Gasteiger partial charge in [0.05, 0.1) is 17.5 Å². The van der Waals surface area contributed by atoms with Gasteiger partial charge in [-0.3, -0.25) is 0 Å². The fourth-order valence-corrected chi connectivity index (χ4v) is 3.00.